The summed E-state index contributed by atoms with van der Waals surface area (Å²) in [5.74, 6) is 1.24. The zero-order valence-corrected chi connectivity index (χ0v) is 16.9. The van der Waals surface area contributed by atoms with Crippen molar-refractivity contribution in [3.63, 3.8) is 0 Å². The number of hydrogen-bond acceptors (Lipinski definition) is 4. The molecular weight excluding hydrogens is 352 g/mol. The Kier molecular flexibility index (Phi) is 7.31. The maximum absolute atomic E-state index is 12.3. The second-order valence-electron chi connectivity index (χ2n) is 6.99. The van der Waals surface area contributed by atoms with Crippen molar-refractivity contribution in [1.82, 2.24) is 4.90 Å². The summed E-state index contributed by atoms with van der Waals surface area (Å²) in [5.41, 5.74) is 3.40. The Bertz CT molecular complexity index is 787. The lowest BCUT2D eigenvalue weighted by atomic mass is 10.1. The standard InChI is InChI=1S/C23H30N2O3/c1-3-25(4-2)14-15-27-22-11-6-5-10-21(22)24-23(26)17-28-20-13-12-18-8-7-9-19(18)16-20/h5-6,10-13,16H,3-4,7-9,14-15,17H2,1-2H3,(H,24,26). The first kappa shape index (κ1) is 20.2. The van der Waals surface area contributed by atoms with Gasteiger partial charge in [0.15, 0.2) is 6.61 Å². The fourth-order valence-electron chi connectivity index (χ4n) is 3.49. The summed E-state index contributed by atoms with van der Waals surface area (Å²) in [6.07, 6.45) is 3.43. The van der Waals surface area contributed by atoms with Crippen LogP contribution in [-0.4, -0.2) is 43.7 Å². The van der Waals surface area contributed by atoms with Gasteiger partial charge < -0.3 is 19.7 Å². The normalized spacial score (nSPS) is 12.7. The maximum atomic E-state index is 12.3. The number of hydrogen-bond donors (Lipinski definition) is 1. The molecule has 0 radical (unpaired) electrons. The molecule has 2 aromatic rings. The highest BCUT2D eigenvalue weighted by atomic mass is 16.5. The molecule has 5 heteroatoms. The van der Waals surface area contributed by atoms with Crippen molar-refractivity contribution in [2.24, 2.45) is 0 Å². The van der Waals surface area contributed by atoms with E-state index in [0.717, 1.165) is 38.2 Å². The lowest BCUT2D eigenvalue weighted by Gasteiger charge is -2.19. The lowest BCUT2D eigenvalue weighted by molar-refractivity contribution is -0.118. The maximum Gasteiger partial charge on any atom is 0.262 e. The van der Waals surface area contributed by atoms with Crippen LogP contribution >= 0.6 is 0 Å². The SMILES string of the molecule is CCN(CC)CCOc1ccccc1NC(=O)COc1ccc2c(c1)CCC2. The minimum absolute atomic E-state index is 0.0213. The minimum atomic E-state index is -0.194. The molecular formula is C23H30N2O3. The number of amides is 1. The van der Waals surface area contributed by atoms with Gasteiger partial charge in [-0.3, -0.25) is 4.79 Å². The van der Waals surface area contributed by atoms with Crippen molar-refractivity contribution >= 4 is 11.6 Å². The van der Waals surface area contributed by atoms with Gasteiger partial charge in [0.25, 0.3) is 5.91 Å². The first-order valence-corrected chi connectivity index (χ1v) is 10.2. The number of rotatable bonds is 10. The number of likely N-dealkylation sites (N-methyl/N-ethyl adjacent to an activating group) is 1. The van der Waals surface area contributed by atoms with Gasteiger partial charge in [-0.15, -0.1) is 0 Å². The van der Waals surface area contributed by atoms with E-state index in [1.807, 2.05) is 30.3 Å². The molecule has 0 atom stereocenters. The molecule has 150 valence electrons. The first-order valence-electron chi connectivity index (χ1n) is 10.2. The molecule has 2 aromatic carbocycles. The highest BCUT2D eigenvalue weighted by Crippen LogP contribution is 2.26. The molecule has 1 amide bonds. The Hall–Kier alpha value is -2.53. The zero-order chi connectivity index (χ0) is 19.8. The van der Waals surface area contributed by atoms with Crippen LogP contribution in [0.5, 0.6) is 11.5 Å². The van der Waals surface area contributed by atoms with E-state index < -0.39 is 0 Å². The third-order valence-corrected chi connectivity index (χ3v) is 5.16. The summed E-state index contributed by atoms with van der Waals surface area (Å²) in [6.45, 7) is 7.69. The van der Waals surface area contributed by atoms with Gasteiger partial charge in [-0.1, -0.05) is 32.0 Å². The summed E-state index contributed by atoms with van der Waals surface area (Å²) >= 11 is 0. The van der Waals surface area contributed by atoms with Crippen molar-refractivity contribution in [1.29, 1.82) is 0 Å². The quantitative estimate of drug-likeness (QED) is 0.677. The second-order valence-corrected chi connectivity index (χ2v) is 6.99. The molecule has 0 aromatic heterocycles. The number of para-hydroxylation sites is 2. The van der Waals surface area contributed by atoms with Crippen LogP contribution in [0.15, 0.2) is 42.5 Å². The van der Waals surface area contributed by atoms with E-state index in [0.29, 0.717) is 18.0 Å². The van der Waals surface area contributed by atoms with Gasteiger partial charge in [-0.2, -0.15) is 0 Å². The predicted molar refractivity (Wildman–Crippen MR) is 112 cm³/mol. The molecule has 0 fully saturated rings. The van der Waals surface area contributed by atoms with E-state index in [9.17, 15) is 4.79 Å². The summed E-state index contributed by atoms with van der Waals surface area (Å²) in [7, 11) is 0. The van der Waals surface area contributed by atoms with Gasteiger partial charge >= 0.3 is 0 Å². The van der Waals surface area contributed by atoms with Crippen molar-refractivity contribution in [3.8, 4) is 11.5 Å². The van der Waals surface area contributed by atoms with Crippen LogP contribution in [0.3, 0.4) is 0 Å². The fraction of sp³-hybridized carbons (Fsp3) is 0.435. The average Bonchev–Trinajstić information content (AvgIpc) is 3.19. The number of fused-ring (bicyclic) bond motifs is 1. The number of carbonyl (C=O) groups excluding carboxylic acids is 1. The zero-order valence-electron chi connectivity index (χ0n) is 16.9. The molecule has 0 spiro atoms. The molecule has 1 aliphatic rings. The van der Waals surface area contributed by atoms with E-state index in [1.165, 1.54) is 17.5 Å². The molecule has 0 saturated carbocycles. The molecule has 1 N–H and O–H groups in total. The summed E-state index contributed by atoms with van der Waals surface area (Å²) in [4.78, 5) is 14.6. The number of nitrogens with zero attached hydrogens (tertiary/aromatic N) is 1. The first-order chi connectivity index (χ1) is 13.7. The molecule has 3 rings (SSSR count). The molecule has 0 heterocycles. The molecule has 0 saturated heterocycles. The number of anilines is 1. The van der Waals surface area contributed by atoms with Crippen LogP contribution < -0.4 is 14.8 Å². The van der Waals surface area contributed by atoms with Gasteiger partial charge in [0.1, 0.15) is 18.1 Å². The van der Waals surface area contributed by atoms with Crippen molar-refractivity contribution in [2.75, 3.05) is 38.2 Å². The summed E-state index contributed by atoms with van der Waals surface area (Å²) in [6, 6.07) is 13.6. The van der Waals surface area contributed by atoms with Gasteiger partial charge in [0.2, 0.25) is 0 Å². The average molecular weight is 383 g/mol. The van der Waals surface area contributed by atoms with Crippen LogP contribution in [-0.2, 0) is 17.6 Å². The lowest BCUT2D eigenvalue weighted by Crippen LogP contribution is -2.28. The van der Waals surface area contributed by atoms with Crippen LogP contribution in [0, 0.1) is 0 Å². The van der Waals surface area contributed by atoms with Crippen LogP contribution in [0.2, 0.25) is 0 Å². The number of nitrogens with one attached hydrogen (secondary N) is 1. The largest absolute Gasteiger partial charge is 0.490 e. The Balaban J connectivity index is 1.51. The monoisotopic (exact) mass is 382 g/mol. The fourth-order valence-corrected chi connectivity index (χ4v) is 3.49. The Labute approximate surface area is 167 Å². The van der Waals surface area contributed by atoms with Crippen LogP contribution in [0.4, 0.5) is 5.69 Å². The topological polar surface area (TPSA) is 50.8 Å². The number of aryl methyl sites for hydroxylation is 2. The molecule has 0 aliphatic heterocycles. The number of ether oxygens (including phenoxy) is 2. The Morgan fingerprint density at radius 1 is 1.04 bits per heavy atom. The van der Waals surface area contributed by atoms with Gasteiger partial charge in [0.05, 0.1) is 5.69 Å². The molecule has 0 bridgehead atoms. The van der Waals surface area contributed by atoms with E-state index >= 15 is 0 Å². The highest BCUT2D eigenvalue weighted by Gasteiger charge is 2.13. The third kappa shape index (κ3) is 5.49. The number of benzene rings is 2. The third-order valence-electron chi connectivity index (χ3n) is 5.16. The predicted octanol–water partition coefficient (Wildman–Crippen LogP) is 3.91. The van der Waals surface area contributed by atoms with Gasteiger partial charge in [-0.25, -0.2) is 0 Å². The van der Waals surface area contributed by atoms with Crippen molar-refractivity contribution in [2.45, 2.75) is 33.1 Å². The van der Waals surface area contributed by atoms with Crippen molar-refractivity contribution < 1.29 is 14.3 Å². The van der Waals surface area contributed by atoms with Crippen molar-refractivity contribution in [3.05, 3.63) is 53.6 Å². The minimum Gasteiger partial charge on any atom is -0.490 e. The van der Waals surface area contributed by atoms with E-state index in [-0.39, 0.29) is 12.5 Å². The Morgan fingerprint density at radius 3 is 2.64 bits per heavy atom. The summed E-state index contributed by atoms with van der Waals surface area (Å²) < 4.78 is 11.6. The smallest absolute Gasteiger partial charge is 0.262 e. The number of carbonyl (C=O) groups is 1. The molecule has 5 nitrogen and oxygen atoms in total. The molecule has 0 unspecified atom stereocenters. The van der Waals surface area contributed by atoms with E-state index in [1.54, 1.807) is 0 Å². The van der Waals surface area contributed by atoms with E-state index in [2.05, 4.69) is 36.2 Å². The summed E-state index contributed by atoms with van der Waals surface area (Å²) in [5, 5.41) is 2.90. The van der Waals surface area contributed by atoms with E-state index in [4.69, 9.17) is 9.47 Å². The second kappa shape index (κ2) is 10.1. The van der Waals surface area contributed by atoms with Crippen LogP contribution in [0.1, 0.15) is 31.4 Å². The van der Waals surface area contributed by atoms with Gasteiger partial charge in [-0.05, 0) is 67.7 Å². The Morgan fingerprint density at radius 2 is 1.82 bits per heavy atom. The molecule has 28 heavy (non-hydrogen) atoms. The van der Waals surface area contributed by atoms with Gasteiger partial charge in [0, 0.05) is 6.54 Å². The van der Waals surface area contributed by atoms with Crippen LogP contribution in [0.25, 0.3) is 0 Å². The molecule has 1 aliphatic carbocycles. The highest BCUT2D eigenvalue weighted by molar-refractivity contribution is 5.93.